The molecule has 0 radical (unpaired) electrons. The molecule has 4 heterocycles. The molecular formula is C52H66N18O15. The third kappa shape index (κ3) is 23.2. The highest BCUT2D eigenvalue weighted by molar-refractivity contribution is 6.01. The predicted molar refractivity (Wildman–Crippen MR) is 299 cm³/mol. The summed E-state index contributed by atoms with van der Waals surface area (Å²) in [5, 5.41) is 48.2. The zero-order valence-corrected chi connectivity index (χ0v) is 46.4. The molecule has 18 N–H and O–H groups in total. The number of hydrogen-bond acceptors (Lipinski definition) is 20. The second-order valence-electron chi connectivity index (χ2n) is 18.9. The van der Waals surface area contributed by atoms with E-state index in [1.807, 2.05) is 13.8 Å². The third-order valence-electron chi connectivity index (χ3n) is 11.5. The van der Waals surface area contributed by atoms with Crippen LogP contribution in [0.2, 0.25) is 0 Å². The van der Waals surface area contributed by atoms with Gasteiger partial charge in [0.1, 0.15) is 24.2 Å². The molecule has 0 aromatic carbocycles. The van der Waals surface area contributed by atoms with Gasteiger partial charge >= 0.3 is 0 Å². The number of nitrogens with zero attached hydrogens (tertiary/aromatic N) is 4. The van der Waals surface area contributed by atoms with Gasteiger partial charge in [-0.05, 0) is 74.7 Å². The first-order chi connectivity index (χ1) is 40.3. The van der Waals surface area contributed by atoms with Gasteiger partial charge in [-0.1, -0.05) is 13.8 Å². The summed E-state index contributed by atoms with van der Waals surface area (Å²) in [4.78, 5) is 178. The maximum Gasteiger partial charge on any atom is 0.253 e. The number of carbonyl (C=O) groups is 13. The molecule has 0 aliphatic rings. The average molecular weight is 1180 g/mol. The molecule has 13 amide bonds. The monoisotopic (exact) mass is 1180 g/mol. The van der Waals surface area contributed by atoms with Crippen LogP contribution in [0.15, 0.2) is 73.3 Å². The maximum atomic E-state index is 13.1. The lowest BCUT2D eigenvalue weighted by Crippen LogP contribution is -2.53. The van der Waals surface area contributed by atoms with E-state index in [0.29, 0.717) is 34.9 Å². The highest BCUT2D eigenvalue weighted by Gasteiger charge is 2.28. The first-order valence-corrected chi connectivity index (χ1v) is 25.9. The van der Waals surface area contributed by atoms with Gasteiger partial charge in [-0.15, -0.1) is 0 Å². The van der Waals surface area contributed by atoms with Gasteiger partial charge in [-0.2, -0.15) is 0 Å². The summed E-state index contributed by atoms with van der Waals surface area (Å²) in [6.45, 7) is 1.90. The van der Waals surface area contributed by atoms with Gasteiger partial charge in [-0.3, -0.25) is 82.3 Å². The standard InChI is InChI=1S/C52H66N18O15/c1-26(2)13-37(68-45(79)24-59-40(74)14-53)51(84)67-32-8-12-36(58-18-32)33-9-5-29(15-55-33)48(81)69-38(25-71)50(83)64-22-43(77)61-20-41(75)60-21-42(76)62-23-44(78)65-27(3)47(80)66-31-7-11-35(57-17-31)34-10-6-30(16-56-34)49(82)70-46(28(4)72)52(85)63-19-39(54)73/h5-12,15-18,26-28,37-38,46,71-72H,13-14,19-25,53H2,1-4H3,(H2,54,73)(H,59,74)(H,60,75)(H,61,77)(H,62,76)(H,63,85)(H,64,83)(H,65,78)(H,66,80)(H,67,84)(H,68,79)(H,69,81)(H,70,82)/t27-,28+,37-,38-,46-/m0/s1. The zero-order chi connectivity index (χ0) is 62.8. The summed E-state index contributed by atoms with van der Waals surface area (Å²) in [6, 6.07) is 6.91. The Labute approximate surface area is 484 Å². The van der Waals surface area contributed by atoms with Crippen molar-refractivity contribution >= 4 is 88.2 Å². The van der Waals surface area contributed by atoms with Crippen molar-refractivity contribution in [2.45, 2.75) is 64.4 Å². The Hall–Kier alpha value is -10.4. The fraction of sp³-hybridized carbons (Fsp3) is 0.365. The van der Waals surface area contributed by atoms with Gasteiger partial charge in [0, 0.05) is 12.4 Å². The molecule has 454 valence electrons. The summed E-state index contributed by atoms with van der Waals surface area (Å²) in [7, 11) is 0. The van der Waals surface area contributed by atoms with E-state index in [0.717, 1.165) is 0 Å². The van der Waals surface area contributed by atoms with Crippen LogP contribution < -0.4 is 75.3 Å². The van der Waals surface area contributed by atoms with E-state index >= 15 is 0 Å². The number of nitrogens with two attached hydrogens (primary N) is 2. The Morgan fingerprint density at radius 3 is 1.31 bits per heavy atom. The minimum atomic E-state index is -1.51. The van der Waals surface area contributed by atoms with Gasteiger partial charge in [0.25, 0.3) is 11.8 Å². The molecule has 5 atom stereocenters. The van der Waals surface area contributed by atoms with E-state index in [1.165, 1.54) is 75.0 Å². The topological polar surface area (TPSA) is 510 Å². The summed E-state index contributed by atoms with van der Waals surface area (Å²) < 4.78 is 0. The molecule has 85 heavy (non-hydrogen) atoms. The van der Waals surface area contributed by atoms with E-state index in [2.05, 4.69) is 83.7 Å². The van der Waals surface area contributed by atoms with Crippen LogP contribution in [-0.2, 0) is 52.7 Å². The molecule has 0 aliphatic heterocycles. The van der Waals surface area contributed by atoms with Crippen LogP contribution in [0.3, 0.4) is 0 Å². The number of aliphatic hydroxyl groups excluding tert-OH is 2. The van der Waals surface area contributed by atoms with Gasteiger partial charge in [0.15, 0.2) is 0 Å². The van der Waals surface area contributed by atoms with Crippen molar-refractivity contribution < 1.29 is 72.5 Å². The number of aliphatic hydroxyl groups is 2. The molecule has 0 spiro atoms. The lowest BCUT2D eigenvalue weighted by molar-refractivity contribution is -0.130. The van der Waals surface area contributed by atoms with E-state index in [-0.39, 0.29) is 35.8 Å². The number of amides is 13. The quantitative estimate of drug-likeness (QED) is 0.0223. The van der Waals surface area contributed by atoms with Crippen molar-refractivity contribution in [1.29, 1.82) is 0 Å². The lowest BCUT2D eigenvalue weighted by atomic mass is 10.0. The second-order valence-corrected chi connectivity index (χ2v) is 18.9. The SMILES string of the molecule is CC(C)C[C@H](NC(=O)CNC(=O)CN)C(=O)Nc1ccc(-c2ccc(C(=O)N[C@@H](CO)C(=O)NCC(=O)NCC(=O)NCC(=O)NCC(=O)N[C@@H](C)C(=O)Nc3ccc(-c4ccc(C(=O)N[C@H](C(=O)NCC(N)=O)[C@@H](C)O)cn4)nc3)cn2)nc1. The fourth-order valence-corrected chi connectivity index (χ4v) is 7.00. The number of hydrogen-bond donors (Lipinski definition) is 16. The minimum Gasteiger partial charge on any atom is -0.394 e. The molecule has 0 aliphatic carbocycles. The highest BCUT2D eigenvalue weighted by atomic mass is 16.3. The first kappa shape index (κ1) is 67.1. The number of carbonyl (C=O) groups excluding carboxylic acids is 13. The van der Waals surface area contributed by atoms with Crippen LogP contribution in [0.5, 0.6) is 0 Å². The zero-order valence-electron chi connectivity index (χ0n) is 46.4. The van der Waals surface area contributed by atoms with Crippen molar-refractivity contribution in [3.63, 3.8) is 0 Å². The number of pyridine rings is 4. The molecule has 0 saturated heterocycles. The summed E-state index contributed by atoms with van der Waals surface area (Å²) in [5.74, 6) is -9.59. The van der Waals surface area contributed by atoms with E-state index in [4.69, 9.17) is 11.5 Å². The van der Waals surface area contributed by atoms with E-state index < -0.39 is 146 Å². The van der Waals surface area contributed by atoms with E-state index in [9.17, 15) is 72.5 Å². The molecule has 4 aromatic heterocycles. The van der Waals surface area contributed by atoms with Crippen LogP contribution in [0.25, 0.3) is 22.8 Å². The molecule has 4 aromatic rings. The third-order valence-corrected chi connectivity index (χ3v) is 11.5. The molecule has 0 fully saturated rings. The number of rotatable bonds is 31. The summed E-state index contributed by atoms with van der Waals surface area (Å²) >= 11 is 0. The normalized spacial score (nSPS) is 12.4. The molecule has 0 saturated carbocycles. The number of aromatic nitrogens is 4. The van der Waals surface area contributed by atoms with Crippen molar-refractivity contribution in [1.82, 2.24) is 73.1 Å². The Morgan fingerprint density at radius 1 is 0.459 bits per heavy atom. The Morgan fingerprint density at radius 2 is 0.882 bits per heavy atom. The molecule has 0 bridgehead atoms. The van der Waals surface area contributed by atoms with Crippen molar-refractivity contribution in [2.75, 3.05) is 63.1 Å². The molecule has 0 unspecified atom stereocenters. The molecule has 33 nitrogen and oxygen atoms in total. The number of anilines is 2. The van der Waals surface area contributed by atoms with Crippen molar-refractivity contribution in [2.24, 2.45) is 17.4 Å². The summed E-state index contributed by atoms with van der Waals surface area (Å²) in [6.07, 6.45) is 4.06. The van der Waals surface area contributed by atoms with Gasteiger partial charge in [0.05, 0.1) is 116 Å². The van der Waals surface area contributed by atoms with Crippen LogP contribution in [-0.4, -0.2) is 190 Å². The largest absolute Gasteiger partial charge is 0.394 e. The average Bonchev–Trinajstić information content (AvgIpc) is 3.69. The first-order valence-electron chi connectivity index (χ1n) is 25.9. The maximum absolute atomic E-state index is 13.1. The Kier molecular flexibility index (Phi) is 26.4. The number of primary amides is 1. The Balaban J connectivity index is 1.11. The molecule has 33 heteroatoms. The molecular weight excluding hydrogens is 1120 g/mol. The van der Waals surface area contributed by atoms with Crippen LogP contribution in [0.1, 0.15) is 54.8 Å². The predicted octanol–water partition coefficient (Wildman–Crippen LogP) is -6.08. The van der Waals surface area contributed by atoms with E-state index in [1.54, 1.807) is 12.1 Å². The lowest BCUT2D eigenvalue weighted by Gasteiger charge is -2.20. The van der Waals surface area contributed by atoms with Crippen molar-refractivity contribution in [3.05, 3.63) is 84.4 Å². The summed E-state index contributed by atoms with van der Waals surface area (Å²) in [5.41, 5.74) is 12.2. The van der Waals surface area contributed by atoms with Crippen LogP contribution in [0.4, 0.5) is 11.4 Å². The van der Waals surface area contributed by atoms with Gasteiger partial charge in [-0.25, -0.2) is 0 Å². The molecule has 4 rings (SSSR count). The second kappa shape index (κ2) is 33.5. The fourth-order valence-electron chi connectivity index (χ4n) is 7.00. The van der Waals surface area contributed by atoms with Gasteiger partial charge < -0.3 is 85.5 Å². The van der Waals surface area contributed by atoms with Crippen LogP contribution in [0, 0.1) is 5.92 Å². The minimum absolute atomic E-state index is 0.00775. The Bertz CT molecular complexity index is 3060. The van der Waals surface area contributed by atoms with Crippen molar-refractivity contribution in [3.8, 4) is 22.8 Å². The highest BCUT2D eigenvalue weighted by Crippen LogP contribution is 2.19. The number of nitrogens with one attached hydrogen (secondary N) is 12. The van der Waals surface area contributed by atoms with Crippen LogP contribution >= 0.6 is 0 Å². The smallest absolute Gasteiger partial charge is 0.253 e. The van der Waals surface area contributed by atoms with Gasteiger partial charge in [0.2, 0.25) is 65.0 Å².